The lowest BCUT2D eigenvalue weighted by molar-refractivity contribution is -0.133. The standard InChI is InChI=1S/C33H56N10O8S/c1-7-20(6)27(43-31(48)25(16-19(4)5)42-29(46)21-10-12-22(13-11-21)52(37,50)51)32(49)39-17-26(44)40-23(9-8-14-38-33(35)36)30(47)41-24(28(34)45)15-18(2)3/h10-13,18-20,23-25,27H,7-9,14-17H2,1-6H3,(H2,34,45)(H,39,49)(H,40,44)(H,41,47)(H,42,46)(H,43,48)(H4,35,36,38)(H2,37,50,51)/t20-,23-,24-,25-,27-/m0/s1. The molecule has 1 aromatic carbocycles. The lowest BCUT2D eigenvalue weighted by atomic mass is 9.96. The van der Waals surface area contributed by atoms with Gasteiger partial charge in [-0.1, -0.05) is 48.0 Å². The number of sulfonamides is 1. The zero-order valence-electron chi connectivity index (χ0n) is 30.7. The number of hydrogen-bond donors (Lipinski definition) is 9. The van der Waals surface area contributed by atoms with E-state index in [9.17, 15) is 37.2 Å². The van der Waals surface area contributed by atoms with Gasteiger partial charge >= 0.3 is 0 Å². The molecule has 0 aliphatic rings. The van der Waals surface area contributed by atoms with E-state index in [1.165, 1.54) is 24.3 Å². The minimum atomic E-state index is -3.97. The molecular weight excluding hydrogens is 696 g/mol. The molecule has 0 fully saturated rings. The predicted octanol–water partition coefficient (Wildman–Crippen LogP) is -1.32. The number of nitrogens with one attached hydrogen (secondary N) is 5. The summed E-state index contributed by atoms with van der Waals surface area (Å²) in [6, 6.07) is 0.626. The van der Waals surface area contributed by atoms with Gasteiger partial charge in [0, 0.05) is 12.1 Å². The number of nitrogens with two attached hydrogens (primary N) is 4. The Morgan fingerprint density at radius 2 is 1.31 bits per heavy atom. The first kappa shape index (κ1) is 45.2. The highest BCUT2D eigenvalue weighted by Crippen LogP contribution is 2.13. The summed E-state index contributed by atoms with van der Waals surface area (Å²) in [7, 11) is -3.97. The Morgan fingerprint density at radius 1 is 0.750 bits per heavy atom. The first-order valence-electron chi connectivity index (χ1n) is 17.1. The highest BCUT2D eigenvalue weighted by molar-refractivity contribution is 7.89. The SMILES string of the molecule is CC[C@H](C)[C@H](NC(=O)[C@H](CC(C)C)NC(=O)c1ccc(S(N)(=O)=O)cc1)C(=O)NCC(=O)N[C@@H](CCCN=C(N)N)C(=O)N[C@@H](CC(C)C)C(N)=O. The van der Waals surface area contributed by atoms with Crippen LogP contribution in [0.3, 0.4) is 0 Å². The van der Waals surface area contributed by atoms with Crippen LogP contribution in [-0.4, -0.2) is 87.1 Å². The molecule has 0 aliphatic heterocycles. The summed E-state index contributed by atoms with van der Waals surface area (Å²) >= 11 is 0. The molecule has 19 heteroatoms. The number of carbonyl (C=O) groups excluding carboxylic acids is 6. The molecule has 0 radical (unpaired) electrons. The van der Waals surface area contributed by atoms with Crippen molar-refractivity contribution in [3.05, 3.63) is 29.8 Å². The van der Waals surface area contributed by atoms with Crippen molar-refractivity contribution in [1.82, 2.24) is 26.6 Å². The Hall–Kier alpha value is -4.78. The molecule has 0 aliphatic carbocycles. The molecule has 0 saturated heterocycles. The van der Waals surface area contributed by atoms with Gasteiger partial charge in [0.1, 0.15) is 24.2 Å². The fourth-order valence-corrected chi connectivity index (χ4v) is 5.50. The third-order valence-electron chi connectivity index (χ3n) is 7.95. The van der Waals surface area contributed by atoms with Gasteiger partial charge in [-0.25, -0.2) is 13.6 Å². The average molecular weight is 753 g/mol. The van der Waals surface area contributed by atoms with Gasteiger partial charge in [-0.3, -0.25) is 33.8 Å². The number of aliphatic imine (C=N–C) groups is 1. The van der Waals surface area contributed by atoms with E-state index in [1.807, 2.05) is 34.6 Å². The number of carbonyl (C=O) groups is 6. The molecule has 18 nitrogen and oxygen atoms in total. The lowest BCUT2D eigenvalue weighted by Crippen LogP contribution is -2.57. The van der Waals surface area contributed by atoms with Gasteiger partial charge in [-0.2, -0.15) is 0 Å². The smallest absolute Gasteiger partial charge is 0.251 e. The number of guanidine groups is 1. The summed E-state index contributed by atoms with van der Waals surface area (Å²) in [6.45, 7) is 10.6. The van der Waals surface area contributed by atoms with Crippen LogP contribution in [0, 0.1) is 17.8 Å². The number of hydrogen-bond acceptors (Lipinski definition) is 9. The number of benzene rings is 1. The van der Waals surface area contributed by atoms with Crippen LogP contribution in [0.5, 0.6) is 0 Å². The van der Waals surface area contributed by atoms with Crippen LogP contribution in [-0.2, 0) is 34.0 Å². The van der Waals surface area contributed by atoms with Crippen molar-refractivity contribution in [2.45, 2.75) is 103 Å². The molecule has 0 heterocycles. The topological polar surface area (TPSA) is 313 Å². The van der Waals surface area contributed by atoms with Crippen LogP contribution in [0.25, 0.3) is 0 Å². The molecule has 52 heavy (non-hydrogen) atoms. The molecule has 0 saturated carbocycles. The van der Waals surface area contributed by atoms with Gasteiger partial charge in [0.2, 0.25) is 39.6 Å². The summed E-state index contributed by atoms with van der Waals surface area (Å²) in [5, 5.41) is 18.1. The second-order valence-corrected chi connectivity index (χ2v) is 15.0. The van der Waals surface area contributed by atoms with Crippen molar-refractivity contribution in [2.24, 2.45) is 45.1 Å². The normalized spacial score (nSPS) is 14.2. The molecule has 0 bridgehead atoms. The number of primary sulfonamides is 1. The summed E-state index contributed by atoms with van der Waals surface area (Å²) < 4.78 is 23.2. The van der Waals surface area contributed by atoms with E-state index in [0.29, 0.717) is 12.8 Å². The van der Waals surface area contributed by atoms with Crippen molar-refractivity contribution in [1.29, 1.82) is 0 Å². The third-order valence-corrected chi connectivity index (χ3v) is 8.88. The molecule has 1 aromatic rings. The van der Waals surface area contributed by atoms with Crippen LogP contribution in [0.15, 0.2) is 34.2 Å². The van der Waals surface area contributed by atoms with E-state index < -0.39 is 82.1 Å². The molecule has 0 unspecified atom stereocenters. The van der Waals surface area contributed by atoms with Gasteiger partial charge in [-0.15, -0.1) is 0 Å². The highest BCUT2D eigenvalue weighted by atomic mass is 32.2. The second kappa shape index (κ2) is 21.6. The number of nitrogens with zero attached hydrogens (tertiary/aromatic N) is 1. The first-order valence-corrected chi connectivity index (χ1v) is 18.7. The summed E-state index contributed by atoms with van der Waals surface area (Å²) in [6.07, 6.45) is 1.36. The van der Waals surface area contributed by atoms with Crippen LogP contribution in [0.2, 0.25) is 0 Å². The maximum Gasteiger partial charge on any atom is 0.251 e. The van der Waals surface area contributed by atoms with E-state index in [4.69, 9.17) is 22.3 Å². The zero-order chi connectivity index (χ0) is 39.8. The number of primary amides is 1. The van der Waals surface area contributed by atoms with Gasteiger partial charge < -0.3 is 43.8 Å². The largest absolute Gasteiger partial charge is 0.370 e. The van der Waals surface area contributed by atoms with Crippen molar-refractivity contribution in [2.75, 3.05) is 13.1 Å². The van der Waals surface area contributed by atoms with Crippen molar-refractivity contribution in [3.63, 3.8) is 0 Å². The quantitative estimate of drug-likeness (QED) is 0.0382. The molecule has 0 aromatic heterocycles. The summed E-state index contributed by atoms with van der Waals surface area (Å²) in [5.74, 6) is -4.62. The first-order chi connectivity index (χ1) is 24.2. The van der Waals surface area contributed by atoms with Gasteiger partial charge in [0.15, 0.2) is 5.96 Å². The van der Waals surface area contributed by atoms with E-state index in [-0.39, 0.29) is 54.1 Å². The van der Waals surface area contributed by atoms with E-state index >= 15 is 0 Å². The molecule has 6 amide bonds. The minimum absolute atomic E-state index is 0.0378. The molecule has 0 spiro atoms. The predicted molar refractivity (Wildman–Crippen MR) is 195 cm³/mol. The van der Waals surface area contributed by atoms with Crippen LogP contribution in [0.4, 0.5) is 0 Å². The van der Waals surface area contributed by atoms with Crippen molar-refractivity contribution in [3.8, 4) is 0 Å². The minimum Gasteiger partial charge on any atom is -0.370 e. The maximum atomic E-state index is 13.5. The van der Waals surface area contributed by atoms with E-state index in [2.05, 4.69) is 31.6 Å². The van der Waals surface area contributed by atoms with Gasteiger partial charge in [-0.05, 0) is 67.7 Å². The van der Waals surface area contributed by atoms with Crippen LogP contribution < -0.4 is 48.9 Å². The van der Waals surface area contributed by atoms with E-state index in [0.717, 1.165) is 0 Å². The number of amides is 6. The van der Waals surface area contributed by atoms with Crippen molar-refractivity contribution < 1.29 is 37.2 Å². The molecular formula is C33H56N10O8S. The number of rotatable bonds is 22. The Labute approximate surface area is 305 Å². The molecule has 1 rings (SSSR count). The molecule has 5 atom stereocenters. The van der Waals surface area contributed by atoms with Gasteiger partial charge in [0.25, 0.3) is 5.91 Å². The van der Waals surface area contributed by atoms with E-state index in [1.54, 1.807) is 6.92 Å². The Balaban J connectivity index is 3.07. The van der Waals surface area contributed by atoms with Gasteiger partial charge in [0.05, 0.1) is 11.4 Å². The highest BCUT2D eigenvalue weighted by Gasteiger charge is 2.31. The summed E-state index contributed by atoms with van der Waals surface area (Å²) in [5.41, 5.74) is 16.3. The lowest BCUT2D eigenvalue weighted by Gasteiger charge is -2.27. The Bertz CT molecular complexity index is 1530. The molecule has 292 valence electrons. The average Bonchev–Trinajstić information content (AvgIpc) is 3.05. The fraction of sp³-hybridized carbons (Fsp3) is 0.606. The monoisotopic (exact) mass is 752 g/mol. The summed E-state index contributed by atoms with van der Waals surface area (Å²) in [4.78, 5) is 81.7. The van der Waals surface area contributed by atoms with Crippen LogP contribution >= 0.6 is 0 Å². The fourth-order valence-electron chi connectivity index (χ4n) is 4.98. The third kappa shape index (κ3) is 16.5. The maximum absolute atomic E-state index is 13.5. The molecule has 13 N–H and O–H groups in total. The van der Waals surface area contributed by atoms with Crippen molar-refractivity contribution >= 4 is 51.4 Å². The zero-order valence-corrected chi connectivity index (χ0v) is 31.5. The second-order valence-electron chi connectivity index (χ2n) is 13.5. The Kier molecular flexibility index (Phi) is 18.8. The van der Waals surface area contributed by atoms with Crippen LogP contribution in [0.1, 0.15) is 84.0 Å². The Morgan fingerprint density at radius 3 is 1.81 bits per heavy atom.